The lowest BCUT2D eigenvalue weighted by atomic mass is 10.1. The molecule has 0 bridgehead atoms. The molecule has 168 valence electrons. The molecule has 0 saturated carbocycles. The number of rotatable bonds is 5. The van der Waals surface area contributed by atoms with E-state index < -0.39 is 11.6 Å². The van der Waals surface area contributed by atoms with E-state index in [0.29, 0.717) is 36.0 Å². The second-order valence-corrected chi connectivity index (χ2v) is 8.46. The number of nitrogens with zero attached hydrogens (tertiary/aromatic N) is 6. The predicted octanol–water partition coefficient (Wildman–Crippen LogP) is 3.10. The molecule has 11 heteroatoms. The minimum atomic E-state index is -0.816. The van der Waals surface area contributed by atoms with Crippen LogP contribution in [-0.2, 0) is 12.8 Å². The van der Waals surface area contributed by atoms with Crippen molar-refractivity contribution in [2.45, 2.75) is 31.2 Å². The Bertz CT molecular complexity index is 1240. The van der Waals surface area contributed by atoms with E-state index in [1.807, 2.05) is 6.07 Å². The number of hydrogen-bond donors (Lipinski definition) is 2. The Balaban J connectivity index is 1.10. The molecule has 2 N–H and O–H groups in total. The number of hydrogen-bond acceptors (Lipinski definition) is 8. The summed E-state index contributed by atoms with van der Waals surface area (Å²) in [7, 11) is 0. The zero-order valence-electron chi connectivity index (χ0n) is 17.5. The summed E-state index contributed by atoms with van der Waals surface area (Å²) in [6, 6.07) is 4.41. The van der Waals surface area contributed by atoms with E-state index in [2.05, 4.69) is 40.8 Å². The SMILES string of the molecule is Fc1cc2c(cc1F)CC(Nc1ncc(-c3cc(N4CCC(c5cn[nH]n5)C4)no3)cn1)C2. The fourth-order valence-electron chi connectivity index (χ4n) is 4.59. The summed E-state index contributed by atoms with van der Waals surface area (Å²) in [6.07, 6.45) is 7.26. The Kier molecular flexibility index (Phi) is 4.74. The topological polar surface area (TPSA) is 109 Å². The number of fused-ring (bicyclic) bond motifs is 1. The second kappa shape index (κ2) is 7.91. The van der Waals surface area contributed by atoms with Crippen molar-refractivity contribution in [1.82, 2.24) is 30.5 Å². The van der Waals surface area contributed by atoms with Crippen molar-refractivity contribution in [3.05, 3.63) is 65.2 Å². The van der Waals surface area contributed by atoms with Crippen LogP contribution in [0.5, 0.6) is 0 Å². The van der Waals surface area contributed by atoms with Gasteiger partial charge in [-0.2, -0.15) is 15.4 Å². The number of H-pyrrole nitrogens is 1. The number of halogens is 2. The van der Waals surface area contributed by atoms with Gasteiger partial charge in [-0.3, -0.25) is 0 Å². The summed E-state index contributed by atoms with van der Waals surface area (Å²) < 4.78 is 32.5. The first kappa shape index (κ1) is 19.8. The van der Waals surface area contributed by atoms with Gasteiger partial charge in [0.2, 0.25) is 5.95 Å². The van der Waals surface area contributed by atoms with Gasteiger partial charge in [-0.1, -0.05) is 5.16 Å². The summed E-state index contributed by atoms with van der Waals surface area (Å²) in [4.78, 5) is 10.9. The molecule has 33 heavy (non-hydrogen) atoms. The van der Waals surface area contributed by atoms with Gasteiger partial charge >= 0.3 is 0 Å². The standard InChI is InChI=1S/C22H20F2N8O/c23-17-5-13-3-16(4-14(13)6-18(17)24)28-22-25-8-15(9-26-22)20-7-21(30-33-20)32-2-1-12(11-32)19-10-27-31-29-19/h5-10,12,16H,1-4,11H2,(H,25,26,28)(H,27,29,31). The maximum Gasteiger partial charge on any atom is 0.222 e. The lowest BCUT2D eigenvalue weighted by Crippen LogP contribution is -2.20. The highest BCUT2D eigenvalue weighted by Crippen LogP contribution is 2.31. The van der Waals surface area contributed by atoms with Crippen molar-refractivity contribution in [1.29, 1.82) is 0 Å². The molecule has 4 aromatic rings. The molecule has 4 heterocycles. The van der Waals surface area contributed by atoms with E-state index in [4.69, 9.17) is 4.52 Å². The van der Waals surface area contributed by atoms with Crippen molar-refractivity contribution >= 4 is 11.8 Å². The van der Waals surface area contributed by atoms with E-state index in [-0.39, 0.29) is 6.04 Å². The molecule has 2 aliphatic rings. The van der Waals surface area contributed by atoms with E-state index >= 15 is 0 Å². The van der Waals surface area contributed by atoms with Crippen LogP contribution < -0.4 is 10.2 Å². The van der Waals surface area contributed by atoms with Crippen molar-refractivity contribution in [3.63, 3.8) is 0 Å². The van der Waals surface area contributed by atoms with Gasteiger partial charge in [-0.25, -0.2) is 18.7 Å². The van der Waals surface area contributed by atoms with Crippen LogP contribution in [0.4, 0.5) is 20.5 Å². The maximum absolute atomic E-state index is 13.5. The zero-order chi connectivity index (χ0) is 22.4. The predicted molar refractivity (Wildman–Crippen MR) is 115 cm³/mol. The van der Waals surface area contributed by atoms with Crippen LogP contribution in [0, 0.1) is 11.6 Å². The van der Waals surface area contributed by atoms with Crippen LogP contribution >= 0.6 is 0 Å². The molecule has 9 nitrogen and oxygen atoms in total. The zero-order valence-corrected chi connectivity index (χ0v) is 17.5. The van der Waals surface area contributed by atoms with Gasteiger partial charge in [-0.15, -0.1) is 0 Å². The second-order valence-electron chi connectivity index (χ2n) is 8.46. The molecule has 6 rings (SSSR count). The molecule has 1 aliphatic heterocycles. The number of nitrogens with one attached hydrogen (secondary N) is 2. The fraction of sp³-hybridized carbons (Fsp3) is 0.318. The largest absolute Gasteiger partial charge is 0.354 e. The molecule has 0 radical (unpaired) electrons. The Hall–Kier alpha value is -3.89. The molecule has 1 aromatic carbocycles. The summed E-state index contributed by atoms with van der Waals surface area (Å²) >= 11 is 0. The monoisotopic (exact) mass is 450 g/mol. The molecule has 1 unspecified atom stereocenters. The van der Waals surface area contributed by atoms with Crippen LogP contribution in [0.3, 0.4) is 0 Å². The minimum Gasteiger partial charge on any atom is -0.354 e. The van der Waals surface area contributed by atoms with Gasteiger partial charge in [0.15, 0.2) is 23.2 Å². The van der Waals surface area contributed by atoms with Crippen molar-refractivity contribution in [2.75, 3.05) is 23.3 Å². The van der Waals surface area contributed by atoms with Crippen molar-refractivity contribution < 1.29 is 13.3 Å². The molecular weight excluding hydrogens is 430 g/mol. The van der Waals surface area contributed by atoms with Crippen LogP contribution in [0.15, 0.2) is 41.3 Å². The Morgan fingerprint density at radius 3 is 2.48 bits per heavy atom. The molecule has 1 saturated heterocycles. The first-order valence-electron chi connectivity index (χ1n) is 10.8. The van der Waals surface area contributed by atoms with Gasteiger partial charge in [0.25, 0.3) is 0 Å². The fourth-order valence-corrected chi connectivity index (χ4v) is 4.59. The summed E-state index contributed by atoms with van der Waals surface area (Å²) in [5, 5.41) is 18.2. The van der Waals surface area contributed by atoms with Crippen molar-refractivity contribution in [2.24, 2.45) is 0 Å². The maximum atomic E-state index is 13.5. The van der Waals surface area contributed by atoms with Gasteiger partial charge < -0.3 is 14.7 Å². The lowest BCUT2D eigenvalue weighted by Gasteiger charge is -2.13. The quantitative estimate of drug-likeness (QED) is 0.478. The summed E-state index contributed by atoms with van der Waals surface area (Å²) in [5.74, 6) is 0.481. The highest BCUT2D eigenvalue weighted by molar-refractivity contribution is 5.60. The van der Waals surface area contributed by atoms with E-state index in [1.54, 1.807) is 18.6 Å². The molecule has 1 fully saturated rings. The Morgan fingerprint density at radius 2 is 1.79 bits per heavy atom. The van der Waals surface area contributed by atoms with E-state index in [9.17, 15) is 8.78 Å². The number of aromatic nitrogens is 6. The first-order chi connectivity index (χ1) is 16.1. The first-order valence-corrected chi connectivity index (χ1v) is 10.8. The highest BCUT2D eigenvalue weighted by Gasteiger charge is 2.28. The summed E-state index contributed by atoms with van der Waals surface area (Å²) in [6.45, 7) is 1.66. The van der Waals surface area contributed by atoms with Crippen LogP contribution in [-0.4, -0.2) is 49.7 Å². The normalized spacial score (nSPS) is 18.1. The number of anilines is 2. The average Bonchev–Trinajstić information content (AvgIpc) is 3.60. The van der Waals surface area contributed by atoms with Gasteiger partial charge in [0.1, 0.15) is 0 Å². The van der Waals surface area contributed by atoms with Crippen LogP contribution in [0.25, 0.3) is 11.3 Å². The number of aromatic amines is 1. The third kappa shape index (κ3) is 3.79. The van der Waals surface area contributed by atoms with Gasteiger partial charge in [0, 0.05) is 43.5 Å². The van der Waals surface area contributed by atoms with Crippen LogP contribution in [0.1, 0.15) is 29.2 Å². The molecule has 0 spiro atoms. The highest BCUT2D eigenvalue weighted by atomic mass is 19.2. The molecule has 1 aliphatic carbocycles. The lowest BCUT2D eigenvalue weighted by molar-refractivity contribution is 0.432. The summed E-state index contributed by atoms with van der Waals surface area (Å²) in [5.41, 5.74) is 3.29. The molecule has 0 amide bonds. The molecule has 1 atom stereocenters. The molecule has 3 aromatic heterocycles. The Morgan fingerprint density at radius 1 is 1.03 bits per heavy atom. The Labute approximate surface area is 187 Å². The van der Waals surface area contributed by atoms with E-state index in [1.165, 1.54) is 12.1 Å². The molecular formula is C22H20F2N8O. The third-order valence-electron chi connectivity index (χ3n) is 6.31. The number of benzene rings is 1. The minimum absolute atomic E-state index is 0.0169. The van der Waals surface area contributed by atoms with Crippen LogP contribution in [0.2, 0.25) is 0 Å². The smallest absolute Gasteiger partial charge is 0.222 e. The third-order valence-corrected chi connectivity index (χ3v) is 6.31. The van der Waals surface area contributed by atoms with Gasteiger partial charge in [0.05, 0.1) is 17.5 Å². The average molecular weight is 450 g/mol. The van der Waals surface area contributed by atoms with E-state index in [0.717, 1.165) is 42.1 Å². The van der Waals surface area contributed by atoms with Gasteiger partial charge in [-0.05, 0) is 42.5 Å². The van der Waals surface area contributed by atoms with Crippen molar-refractivity contribution in [3.8, 4) is 11.3 Å².